The van der Waals surface area contributed by atoms with E-state index in [0.717, 1.165) is 0 Å². The summed E-state index contributed by atoms with van der Waals surface area (Å²) in [6.45, 7) is 0. The first-order chi connectivity index (χ1) is 10.2. The number of nitrogens with one attached hydrogen (secondary N) is 1. The highest BCUT2D eigenvalue weighted by atomic mass is 16.6. The predicted molar refractivity (Wildman–Crippen MR) is 76.0 cm³/mol. The van der Waals surface area contributed by atoms with Crippen molar-refractivity contribution in [2.24, 2.45) is 0 Å². The van der Waals surface area contributed by atoms with Crippen LogP contribution in [0.1, 0.15) is 0 Å². The first-order valence-corrected chi connectivity index (χ1v) is 6.42. The van der Waals surface area contributed by atoms with E-state index in [1.54, 1.807) is 36.4 Å². The molecule has 1 aliphatic carbocycles. The van der Waals surface area contributed by atoms with Crippen molar-refractivity contribution >= 4 is 11.7 Å². The Kier molecular flexibility index (Phi) is 3.27. The average molecular weight is 284 g/mol. The number of anilines is 1. The molecule has 0 radical (unpaired) electrons. The zero-order valence-electron chi connectivity index (χ0n) is 10.9. The van der Waals surface area contributed by atoms with Crippen molar-refractivity contribution < 1.29 is 14.5 Å². The van der Waals surface area contributed by atoms with Crippen LogP contribution < -0.4 is 5.32 Å². The molecule has 2 aliphatic rings. The topological polar surface area (TPSA) is 81.5 Å². The van der Waals surface area contributed by atoms with Gasteiger partial charge in [0.1, 0.15) is 11.8 Å². The van der Waals surface area contributed by atoms with Crippen LogP contribution in [0, 0.1) is 10.1 Å². The molecule has 1 heterocycles. The fraction of sp³-hybridized carbons (Fsp3) is 0.133. The van der Waals surface area contributed by atoms with Crippen LogP contribution in [0.25, 0.3) is 0 Å². The molecular formula is C15H12N2O4. The van der Waals surface area contributed by atoms with Gasteiger partial charge in [-0.05, 0) is 18.2 Å². The number of nitrogens with zero attached hydrogens (tertiary/aromatic N) is 1. The lowest BCUT2D eigenvalue weighted by molar-refractivity contribution is -0.501. The normalized spacial score (nSPS) is 23.5. The number of nitro groups is 1. The third-order valence-electron chi connectivity index (χ3n) is 3.29. The zero-order valence-corrected chi connectivity index (χ0v) is 10.9. The van der Waals surface area contributed by atoms with Crippen molar-refractivity contribution in [2.75, 3.05) is 5.32 Å². The van der Waals surface area contributed by atoms with Crippen molar-refractivity contribution in [2.45, 2.75) is 12.1 Å². The Hall–Kier alpha value is -2.89. The summed E-state index contributed by atoms with van der Waals surface area (Å²) < 4.78 is 5.12. The van der Waals surface area contributed by atoms with Crippen LogP contribution >= 0.6 is 0 Å². The Morgan fingerprint density at radius 2 is 1.95 bits per heavy atom. The average Bonchev–Trinajstić information content (AvgIpc) is 2.47. The largest absolute Gasteiger partial charge is 0.448 e. The maximum atomic E-state index is 11.9. The minimum absolute atomic E-state index is 0.257. The molecule has 0 saturated carbocycles. The second-order valence-corrected chi connectivity index (χ2v) is 4.65. The Morgan fingerprint density at radius 1 is 1.19 bits per heavy atom. The van der Waals surface area contributed by atoms with E-state index in [1.165, 1.54) is 0 Å². The molecule has 0 aromatic heterocycles. The van der Waals surface area contributed by atoms with E-state index in [2.05, 4.69) is 5.32 Å². The number of para-hydroxylation sites is 1. The van der Waals surface area contributed by atoms with E-state index in [-0.39, 0.29) is 5.70 Å². The lowest BCUT2D eigenvalue weighted by atomic mass is 9.95. The Morgan fingerprint density at radius 3 is 2.67 bits per heavy atom. The molecule has 3 rings (SSSR count). The van der Waals surface area contributed by atoms with Gasteiger partial charge in [0.15, 0.2) is 0 Å². The quantitative estimate of drug-likeness (QED) is 0.522. The van der Waals surface area contributed by atoms with Crippen LogP contribution in [0.5, 0.6) is 0 Å². The summed E-state index contributed by atoms with van der Waals surface area (Å²) in [5, 5.41) is 14.2. The smallest absolute Gasteiger partial charge is 0.389 e. The fourth-order valence-electron chi connectivity index (χ4n) is 2.34. The fourth-order valence-corrected chi connectivity index (χ4v) is 2.34. The van der Waals surface area contributed by atoms with Gasteiger partial charge in [-0.2, -0.15) is 0 Å². The molecule has 0 spiro atoms. The van der Waals surface area contributed by atoms with Crippen molar-refractivity contribution in [3.63, 3.8) is 0 Å². The van der Waals surface area contributed by atoms with Crippen molar-refractivity contribution in [3.8, 4) is 0 Å². The van der Waals surface area contributed by atoms with E-state index in [1.807, 2.05) is 18.2 Å². The molecular weight excluding hydrogens is 272 g/mol. The number of carbonyl (C=O) groups excluding carboxylic acids is 1. The number of rotatable bonds is 3. The van der Waals surface area contributed by atoms with Crippen LogP contribution in [-0.2, 0) is 9.53 Å². The molecule has 2 atom stereocenters. The van der Waals surface area contributed by atoms with Gasteiger partial charge in [-0.25, -0.2) is 4.79 Å². The molecule has 0 bridgehead atoms. The van der Waals surface area contributed by atoms with Gasteiger partial charge in [0, 0.05) is 16.2 Å². The van der Waals surface area contributed by atoms with Gasteiger partial charge < -0.3 is 10.1 Å². The molecule has 0 unspecified atom stereocenters. The molecule has 1 N–H and O–H groups in total. The van der Waals surface area contributed by atoms with Gasteiger partial charge in [0.25, 0.3) is 0 Å². The summed E-state index contributed by atoms with van der Waals surface area (Å²) in [5.74, 6) is -0.855. The van der Waals surface area contributed by atoms with Crippen molar-refractivity contribution in [1.82, 2.24) is 0 Å². The Labute approximate surface area is 120 Å². The Bertz CT molecular complexity index is 676. The molecule has 6 nitrogen and oxygen atoms in total. The summed E-state index contributed by atoms with van der Waals surface area (Å²) in [6, 6.07) is 7.49. The highest BCUT2D eigenvalue weighted by molar-refractivity contribution is 5.83. The molecule has 21 heavy (non-hydrogen) atoms. The minimum atomic E-state index is -1.53. The minimum Gasteiger partial charge on any atom is -0.448 e. The Balaban J connectivity index is 2.06. The monoisotopic (exact) mass is 284 g/mol. The van der Waals surface area contributed by atoms with Gasteiger partial charge >= 0.3 is 12.0 Å². The van der Waals surface area contributed by atoms with Crippen molar-refractivity contribution in [3.05, 3.63) is 76.0 Å². The van der Waals surface area contributed by atoms with Crippen LogP contribution in [0.4, 0.5) is 5.69 Å². The van der Waals surface area contributed by atoms with E-state index >= 15 is 0 Å². The summed E-state index contributed by atoms with van der Waals surface area (Å²) in [6.07, 6.45) is 6.34. The third-order valence-corrected chi connectivity index (χ3v) is 3.29. The standard InChI is InChI=1S/C15H12N2O4/c18-15-14(17(19)20)13(16-10-6-2-1-3-7-10)11-8-4-5-9-12(11)21-15/h1-9,12,14,16H/t12-,14-/m1/s1. The van der Waals surface area contributed by atoms with E-state index in [0.29, 0.717) is 11.3 Å². The summed E-state index contributed by atoms with van der Waals surface area (Å²) in [4.78, 5) is 22.5. The maximum Gasteiger partial charge on any atom is 0.389 e. The van der Waals surface area contributed by atoms with Gasteiger partial charge in [-0.3, -0.25) is 10.1 Å². The van der Waals surface area contributed by atoms with Crippen LogP contribution in [0.15, 0.2) is 65.9 Å². The number of fused-ring (bicyclic) bond motifs is 1. The number of hydrogen-bond acceptors (Lipinski definition) is 5. The zero-order chi connectivity index (χ0) is 14.8. The van der Waals surface area contributed by atoms with Gasteiger partial charge in [0.2, 0.25) is 0 Å². The molecule has 1 aliphatic heterocycles. The second kappa shape index (κ2) is 5.24. The summed E-state index contributed by atoms with van der Waals surface area (Å²) in [5.41, 5.74) is 1.54. The number of hydrogen-bond donors (Lipinski definition) is 1. The van der Waals surface area contributed by atoms with E-state index in [4.69, 9.17) is 4.74 Å². The van der Waals surface area contributed by atoms with Gasteiger partial charge in [-0.15, -0.1) is 0 Å². The second-order valence-electron chi connectivity index (χ2n) is 4.65. The first-order valence-electron chi connectivity index (χ1n) is 6.42. The van der Waals surface area contributed by atoms with E-state index < -0.39 is 23.0 Å². The molecule has 0 amide bonds. The van der Waals surface area contributed by atoms with E-state index in [9.17, 15) is 14.9 Å². The molecule has 106 valence electrons. The highest BCUT2D eigenvalue weighted by Crippen LogP contribution is 2.29. The number of benzene rings is 1. The maximum absolute atomic E-state index is 11.9. The van der Waals surface area contributed by atoms with Crippen LogP contribution in [-0.4, -0.2) is 23.0 Å². The molecule has 0 fully saturated rings. The lowest BCUT2D eigenvalue weighted by Gasteiger charge is -2.28. The summed E-state index contributed by atoms with van der Waals surface area (Å²) in [7, 11) is 0. The molecule has 1 aromatic rings. The third kappa shape index (κ3) is 2.43. The molecule has 6 heteroatoms. The first kappa shape index (κ1) is 13.1. The SMILES string of the molecule is O=C1O[C@@H]2C=CC=CC2=C(Nc2ccccc2)[C@H]1[N+](=O)[O-]. The lowest BCUT2D eigenvalue weighted by Crippen LogP contribution is -2.44. The predicted octanol–water partition coefficient (Wildman–Crippen LogP) is 2.05. The van der Waals surface area contributed by atoms with Gasteiger partial charge in [0.05, 0.1) is 0 Å². The highest BCUT2D eigenvalue weighted by Gasteiger charge is 2.44. The van der Waals surface area contributed by atoms with Crippen molar-refractivity contribution in [1.29, 1.82) is 0 Å². The molecule has 0 saturated heterocycles. The molecule has 1 aromatic carbocycles. The number of allylic oxidation sites excluding steroid dienone is 2. The van der Waals surface area contributed by atoms with Crippen LogP contribution in [0.3, 0.4) is 0 Å². The number of carbonyl (C=O) groups is 1. The number of ether oxygens (including phenoxy) is 1. The number of esters is 1. The van der Waals surface area contributed by atoms with Gasteiger partial charge in [-0.1, -0.05) is 36.4 Å². The summed E-state index contributed by atoms with van der Waals surface area (Å²) >= 11 is 0. The van der Waals surface area contributed by atoms with Crippen LogP contribution in [0.2, 0.25) is 0 Å².